The molecule has 0 fully saturated rings. The van der Waals surface area contributed by atoms with E-state index in [1.54, 1.807) is 0 Å². The summed E-state index contributed by atoms with van der Waals surface area (Å²) in [5.41, 5.74) is 0.839. The Labute approximate surface area is 131 Å². The van der Waals surface area contributed by atoms with E-state index in [1.807, 2.05) is 0 Å². The zero-order chi connectivity index (χ0) is 16.8. The Morgan fingerprint density at radius 1 is 1.26 bits per heavy atom. The van der Waals surface area contributed by atoms with Crippen molar-refractivity contribution in [3.8, 4) is 5.75 Å². The summed E-state index contributed by atoms with van der Waals surface area (Å²) in [6.07, 6.45) is 2.79. The van der Waals surface area contributed by atoms with Crippen LogP contribution in [-0.2, 0) is 4.79 Å². The molecule has 0 unspecified atom stereocenters. The van der Waals surface area contributed by atoms with E-state index in [9.17, 15) is 19.3 Å². The van der Waals surface area contributed by atoms with Gasteiger partial charge in [-0.2, -0.15) is 0 Å². The fourth-order valence-corrected chi connectivity index (χ4v) is 1.82. The van der Waals surface area contributed by atoms with E-state index in [2.05, 4.69) is 5.32 Å². The highest BCUT2D eigenvalue weighted by Gasteiger charge is 2.12. The van der Waals surface area contributed by atoms with Gasteiger partial charge in [0.25, 0.3) is 5.69 Å². The van der Waals surface area contributed by atoms with Gasteiger partial charge in [0.2, 0.25) is 5.91 Å². The second-order valence-corrected chi connectivity index (χ2v) is 4.52. The minimum absolute atomic E-state index is 0.137. The van der Waals surface area contributed by atoms with Gasteiger partial charge in [-0.25, -0.2) is 4.39 Å². The van der Waals surface area contributed by atoms with Crippen molar-refractivity contribution in [2.75, 3.05) is 12.4 Å². The number of non-ortho nitro benzene ring substituents is 1. The average Bonchev–Trinajstić information content (AvgIpc) is 2.54. The molecule has 7 heteroatoms. The molecule has 2 aromatic rings. The van der Waals surface area contributed by atoms with Crippen LogP contribution < -0.4 is 10.1 Å². The Balaban J connectivity index is 2.10. The Bertz CT molecular complexity index is 757. The van der Waals surface area contributed by atoms with Crippen LogP contribution in [0.1, 0.15) is 5.56 Å². The summed E-state index contributed by atoms with van der Waals surface area (Å²) >= 11 is 0. The van der Waals surface area contributed by atoms with E-state index in [0.29, 0.717) is 11.3 Å². The van der Waals surface area contributed by atoms with E-state index in [0.717, 1.165) is 0 Å². The molecule has 0 saturated carbocycles. The minimum Gasteiger partial charge on any atom is -0.494 e. The van der Waals surface area contributed by atoms with Crippen molar-refractivity contribution in [1.82, 2.24) is 0 Å². The summed E-state index contributed by atoms with van der Waals surface area (Å²) in [5.74, 6) is -0.619. The molecular formula is C16H13FN2O4. The summed E-state index contributed by atoms with van der Waals surface area (Å²) in [6, 6.07) is 9.52. The van der Waals surface area contributed by atoms with Gasteiger partial charge in [0.05, 0.1) is 23.8 Å². The fourth-order valence-electron chi connectivity index (χ4n) is 1.82. The lowest BCUT2D eigenvalue weighted by Gasteiger charge is -2.08. The number of carbonyl (C=O) groups is 1. The molecule has 1 N–H and O–H groups in total. The molecule has 1 amide bonds. The average molecular weight is 316 g/mol. The number of carbonyl (C=O) groups excluding carboxylic acids is 1. The third kappa shape index (κ3) is 4.37. The van der Waals surface area contributed by atoms with Crippen LogP contribution >= 0.6 is 0 Å². The Hall–Kier alpha value is -3.22. The van der Waals surface area contributed by atoms with Crippen molar-refractivity contribution in [2.24, 2.45) is 0 Å². The topological polar surface area (TPSA) is 81.5 Å². The lowest BCUT2D eigenvalue weighted by Crippen LogP contribution is -2.09. The summed E-state index contributed by atoms with van der Waals surface area (Å²) in [4.78, 5) is 22.0. The molecule has 2 rings (SSSR count). The fraction of sp³-hybridized carbons (Fsp3) is 0.0625. The van der Waals surface area contributed by atoms with E-state index in [-0.39, 0.29) is 17.3 Å². The highest BCUT2D eigenvalue weighted by atomic mass is 19.1. The van der Waals surface area contributed by atoms with Crippen LogP contribution in [0.4, 0.5) is 15.8 Å². The van der Waals surface area contributed by atoms with Crippen LogP contribution in [0, 0.1) is 15.9 Å². The molecule has 0 spiro atoms. The summed E-state index contributed by atoms with van der Waals surface area (Å²) in [6.45, 7) is 0. The van der Waals surface area contributed by atoms with E-state index in [1.165, 1.54) is 61.7 Å². The van der Waals surface area contributed by atoms with Gasteiger partial charge in [-0.05, 0) is 29.8 Å². The number of benzene rings is 2. The number of rotatable bonds is 5. The van der Waals surface area contributed by atoms with Crippen molar-refractivity contribution < 1.29 is 18.8 Å². The molecule has 0 aromatic heterocycles. The molecule has 0 aliphatic heterocycles. The Kier molecular flexibility index (Phi) is 5.03. The first-order valence-corrected chi connectivity index (χ1v) is 6.56. The Morgan fingerprint density at radius 3 is 2.57 bits per heavy atom. The molecule has 0 aliphatic rings. The maximum Gasteiger partial charge on any atom is 0.273 e. The number of nitrogens with one attached hydrogen (secondary N) is 1. The molecule has 2 aromatic carbocycles. The highest BCUT2D eigenvalue weighted by Crippen LogP contribution is 2.28. The molecule has 0 bridgehead atoms. The maximum atomic E-state index is 12.8. The molecule has 0 aliphatic carbocycles. The van der Waals surface area contributed by atoms with Crippen LogP contribution in [0.2, 0.25) is 0 Å². The van der Waals surface area contributed by atoms with Gasteiger partial charge in [0, 0.05) is 12.1 Å². The lowest BCUT2D eigenvalue weighted by molar-refractivity contribution is -0.384. The first-order chi connectivity index (χ1) is 11.0. The third-order valence-electron chi connectivity index (χ3n) is 2.95. The number of ether oxygens (including phenoxy) is 1. The van der Waals surface area contributed by atoms with Gasteiger partial charge in [-0.3, -0.25) is 14.9 Å². The van der Waals surface area contributed by atoms with Crippen molar-refractivity contribution in [3.63, 3.8) is 0 Å². The number of nitrogens with zero attached hydrogens (tertiary/aromatic N) is 1. The predicted molar refractivity (Wildman–Crippen MR) is 83.7 cm³/mol. The number of hydrogen-bond acceptors (Lipinski definition) is 4. The van der Waals surface area contributed by atoms with Gasteiger partial charge < -0.3 is 10.1 Å². The zero-order valence-corrected chi connectivity index (χ0v) is 12.2. The van der Waals surface area contributed by atoms with Crippen molar-refractivity contribution >= 4 is 23.4 Å². The molecule has 0 heterocycles. The van der Waals surface area contributed by atoms with Crippen LogP contribution in [-0.4, -0.2) is 17.9 Å². The molecular weight excluding hydrogens is 303 g/mol. The SMILES string of the molecule is COc1cc([N+](=O)[O-])ccc1NC(=O)/C=C\c1ccc(F)cc1. The molecule has 6 nitrogen and oxygen atoms in total. The summed E-state index contributed by atoms with van der Waals surface area (Å²) < 4.78 is 17.8. The van der Waals surface area contributed by atoms with Crippen molar-refractivity contribution in [2.45, 2.75) is 0 Å². The van der Waals surface area contributed by atoms with Gasteiger partial charge in [0.1, 0.15) is 11.6 Å². The zero-order valence-electron chi connectivity index (χ0n) is 12.2. The van der Waals surface area contributed by atoms with Crippen molar-refractivity contribution in [1.29, 1.82) is 0 Å². The van der Waals surface area contributed by atoms with Gasteiger partial charge in [-0.15, -0.1) is 0 Å². The van der Waals surface area contributed by atoms with Gasteiger partial charge >= 0.3 is 0 Å². The van der Waals surface area contributed by atoms with Gasteiger partial charge in [0.15, 0.2) is 0 Å². The number of halogens is 1. The second kappa shape index (κ2) is 7.17. The standard InChI is InChI=1S/C16H13FN2O4/c1-23-15-10-13(19(21)22)7-8-14(15)18-16(20)9-4-11-2-5-12(17)6-3-11/h2-10H,1H3,(H,18,20)/b9-4-. The molecule has 23 heavy (non-hydrogen) atoms. The number of nitro groups is 1. The number of amides is 1. The van der Waals surface area contributed by atoms with Crippen LogP contribution in [0.25, 0.3) is 6.08 Å². The quantitative estimate of drug-likeness (QED) is 0.521. The number of methoxy groups -OCH3 is 1. The van der Waals surface area contributed by atoms with Gasteiger partial charge in [-0.1, -0.05) is 12.1 Å². The number of anilines is 1. The Morgan fingerprint density at radius 2 is 1.96 bits per heavy atom. The van der Waals surface area contributed by atoms with Crippen LogP contribution in [0.5, 0.6) is 5.75 Å². The minimum atomic E-state index is -0.553. The lowest BCUT2D eigenvalue weighted by atomic mass is 10.2. The van der Waals surface area contributed by atoms with Crippen LogP contribution in [0.3, 0.4) is 0 Å². The normalized spacial score (nSPS) is 10.5. The van der Waals surface area contributed by atoms with Crippen molar-refractivity contribution in [3.05, 3.63) is 70.0 Å². The maximum absolute atomic E-state index is 12.8. The van der Waals surface area contributed by atoms with E-state index in [4.69, 9.17) is 4.74 Å². The monoisotopic (exact) mass is 316 g/mol. The first-order valence-electron chi connectivity index (χ1n) is 6.56. The predicted octanol–water partition coefficient (Wildman–Crippen LogP) is 3.39. The van der Waals surface area contributed by atoms with Crippen LogP contribution in [0.15, 0.2) is 48.5 Å². The third-order valence-corrected chi connectivity index (χ3v) is 2.95. The first kappa shape index (κ1) is 16.2. The summed E-state index contributed by atoms with van der Waals surface area (Å²) in [5, 5.41) is 13.3. The molecule has 0 atom stereocenters. The summed E-state index contributed by atoms with van der Waals surface area (Å²) in [7, 11) is 1.35. The number of hydrogen-bond donors (Lipinski definition) is 1. The largest absolute Gasteiger partial charge is 0.494 e. The molecule has 118 valence electrons. The second-order valence-electron chi connectivity index (χ2n) is 4.52. The molecule has 0 saturated heterocycles. The van der Waals surface area contributed by atoms with E-state index < -0.39 is 10.8 Å². The van der Waals surface area contributed by atoms with E-state index >= 15 is 0 Å². The smallest absolute Gasteiger partial charge is 0.273 e. The number of nitro benzene ring substituents is 1. The highest BCUT2D eigenvalue weighted by molar-refractivity contribution is 6.02. The molecule has 0 radical (unpaired) electrons.